The molecule has 0 saturated heterocycles. The van der Waals surface area contributed by atoms with Crippen LogP contribution in [0.25, 0.3) is 5.78 Å². The van der Waals surface area contributed by atoms with Crippen LogP contribution < -0.4 is 10.1 Å². The molecule has 2 aromatic heterocycles. The fourth-order valence-electron chi connectivity index (χ4n) is 2.76. The first-order chi connectivity index (χ1) is 12.9. The highest BCUT2D eigenvalue weighted by Gasteiger charge is 2.33. The number of rotatable bonds is 5. The Hall–Kier alpha value is -2.59. The van der Waals surface area contributed by atoms with Crippen LogP contribution in [0.1, 0.15) is 31.1 Å². The SMILES string of the molecule is Cc1cc(NC(c2ccc(OC(F)(F)F)cc2Cl)C(C)(C)O)n2ncnc2n1. The number of anilines is 1. The van der Waals surface area contributed by atoms with E-state index in [2.05, 4.69) is 25.1 Å². The molecule has 0 fully saturated rings. The predicted octanol–water partition coefficient (Wildman–Crippen LogP) is 3.91. The number of aromatic nitrogens is 4. The largest absolute Gasteiger partial charge is 0.573 e. The van der Waals surface area contributed by atoms with Gasteiger partial charge in [-0.05, 0) is 38.5 Å². The summed E-state index contributed by atoms with van der Waals surface area (Å²) < 4.78 is 42.6. The minimum atomic E-state index is -4.83. The van der Waals surface area contributed by atoms with Crippen LogP contribution in [0.15, 0.2) is 30.6 Å². The van der Waals surface area contributed by atoms with Crippen molar-refractivity contribution in [1.29, 1.82) is 0 Å². The van der Waals surface area contributed by atoms with Gasteiger partial charge in [-0.25, -0.2) is 4.98 Å². The number of alkyl halides is 3. The Labute approximate surface area is 163 Å². The van der Waals surface area contributed by atoms with Crippen molar-refractivity contribution < 1.29 is 23.0 Å². The number of halogens is 4. The lowest BCUT2D eigenvalue weighted by molar-refractivity contribution is -0.274. The van der Waals surface area contributed by atoms with Gasteiger partial charge >= 0.3 is 6.36 Å². The summed E-state index contributed by atoms with van der Waals surface area (Å²) in [6.45, 7) is 4.87. The van der Waals surface area contributed by atoms with Gasteiger partial charge in [-0.3, -0.25) is 0 Å². The number of hydrogen-bond acceptors (Lipinski definition) is 6. The molecule has 150 valence electrons. The van der Waals surface area contributed by atoms with E-state index in [0.29, 0.717) is 22.9 Å². The number of benzene rings is 1. The molecule has 1 aromatic carbocycles. The van der Waals surface area contributed by atoms with Crippen molar-refractivity contribution in [3.63, 3.8) is 0 Å². The Morgan fingerprint density at radius 2 is 1.96 bits per heavy atom. The van der Waals surface area contributed by atoms with Gasteiger partial charge in [-0.2, -0.15) is 14.6 Å². The molecule has 0 radical (unpaired) electrons. The van der Waals surface area contributed by atoms with Gasteiger partial charge in [-0.1, -0.05) is 17.7 Å². The zero-order valence-corrected chi connectivity index (χ0v) is 15.9. The van der Waals surface area contributed by atoms with E-state index in [0.717, 1.165) is 12.1 Å². The Kier molecular flexibility index (Phi) is 5.11. The molecule has 3 rings (SSSR count). The summed E-state index contributed by atoms with van der Waals surface area (Å²) in [4.78, 5) is 8.27. The van der Waals surface area contributed by atoms with Crippen LogP contribution in [0.4, 0.5) is 19.0 Å². The summed E-state index contributed by atoms with van der Waals surface area (Å²) in [5, 5.41) is 17.9. The fraction of sp³-hybridized carbons (Fsp3) is 0.353. The second-order valence-corrected chi connectivity index (χ2v) is 7.12. The highest BCUT2D eigenvalue weighted by atomic mass is 35.5. The lowest BCUT2D eigenvalue weighted by Crippen LogP contribution is -2.35. The summed E-state index contributed by atoms with van der Waals surface area (Å²) in [7, 11) is 0. The van der Waals surface area contributed by atoms with Gasteiger partial charge in [0.25, 0.3) is 5.78 Å². The van der Waals surface area contributed by atoms with E-state index in [4.69, 9.17) is 11.6 Å². The van der Waals surface area contributed by atoms with Crippen LogP contribution in [-0.4, -0.2) is 36.7 Å². The monoisotopic (exact) mass is 415 g/mol. The molecule has 0 saturated carbocycles. The molecule has 28 heavy (non-hydrogen) atoms. The summed E-state index contributed by atoms with van der Waals surface area (Å²) in [5.74, 6) is 0.394. The summed E-state index contributed by atoms with van der Waals surface area (Å²) >= 11 is 6.21. The second kappa shape index (κ2) is 7.10. The van der Waals surface area contributed by atoms with E-state index in [-0.39, 0.29) is 5.02 Å². The lowest BCUT2D eigenvalue weighted by Gasteiger charge is -2.32. The number of nitrogens with zero attached hydrogens (tertiary/aromatic N) is 4. The number of ether oxygens (including phenoxy) is 1. The minimum Gasteiger partial charge on any atom is -0.406 e. The number of fused-ring (bicyclic) bond motifs is 1. The van der Waals surface area contributed by atoms with Gasteiger partial charge in [-0.15, -0.1) is 13.2 Å². The van der Waals surface area contributed by atoms with E-state index in [9.17, 15) is 18.3 Å². The number of hydrogen-bond donors (Lipinski definition) is 2. The van der Waals surface area contributed by atoms with Gasteiger partial charge in [0, 0.05) is 16.8 Å². The molecule has 1 unspecified atom stereocenters. The van der Waals surface area contributed by atoms with Crippen molar-refractivity contribution in [3.8, 4) is 5.75 Å². The Morgan fingerprint density at radius 3 is 2.57 bits per heavy atom. The van der Waals surface area contributed by atoms with Gasteiger partial charge in [0.1, 0.15) is 17.9 Å². The molecule has 11 heteroatoms. The second-order valence-electron chi connectivity index (χ2n) is 6.72. The molecule has 0 amide bonds. The molecule has 0 aliphatic heterocycles. The maximum atomic E-state index is 12.4. The Bertz CT molecular complexity index is 1000. The molecule has 0 aliphatic rings. The average Bonchev–Trinajstić information content (AvgIpc) is 2.99. The summed E-state index contributed by atoms with van der Waals surface area (Å²) in [6.07, 6.45) is -3.49. The quantitative estimate of drug-likeness (QED) is 0.657. The van der Waals surface area contributed by atoms with Gasteiger partial charge in [0.2, 0.25) is 0 Å². The van der Waals surface area contributed by atoms with Crippen molar-refractivity contribution in [3.05, 3.63) is 46.9 Å². The Morgan fingerprint density at radius 1 is 1.25 bits per heavy atom. The molecular formula is C17H17ClF3N5O2. The van der Waals surface area contributed by atoms with E-state index in [1.807, 2.05) is 0 Å². The number of nitrogens with one attached hydrogen (secondary N) is 1. The molecule has 0 bridgehead atoms. The third-order valence-corrected chi connectivity index (χ3v) is 4.22. The maximum Gasteiger partial charge on any atom is 0.573 e. The molecule has 7 nitrogen and oxygen atoms in total. The van der Waals surface area contributed by atoms with Crippen molar-refractivity contribution in [2.24, 2.45) is 0 Å². The van der Waals surface area contributed by atoms with Crippen LogP contribution in [0.2, 0.25) is 5.02 Å². The maximum absolute atomic E-state index is 12.4. The average molecular weight is 416 g/mol. The molecule has 2 heterocycles. The van der Waals surface area contributed by atoms with Crippen molar-refractivity contribution in [1.82, 2.24) is 19.6 Å². The van der Waals surface area contributed by atoms with Gasteiger partial charge in [0.05, 0.1) is 11.6 Å². The van der Waals surface area contributed by atoms with Crippen LogP contribution in [0.3, 0.4) is 0 Å². The van der Waals surface area contributed by atoms with Gasteiger partial charge < -0.3 is 15.2 Å². The molecule has 1 atom stereocenters. The lowest BCUT2D eigenvalue weighted by atomic mass is 9.91. The fourth-order valence-corrected chi connectivity index (χ4v) is 3.03. The van der Waals surface area contributed by atoms with Crippen LogP contribution in [-0.2, 0) is 0 Å². The van der Waals surface area contributed by atoms with Crippen LogP contribution in [0.5, 0.6) is 5.75 Å². The summed E-state index contributed by atoms with van der Waals surface area (Å²) in [5.41, 5.74) is -0.288. The van der Waals surface area contributed by atoms with E-state index < -0.39 is 23.8 Å². The third-order valence-electron chi connectivity index (χ3n) is 3.90. The normalized spacial score (nSPS) is 13.6. The smallest absolute Gasteiger partial charge is 0.406 e. The topological polar surface area (TPSA) is 84.6 Å². The standard InChI is InChI=1S/C17H17ClF3N5O2/c1-9-6-13(26-15(24-9)22-8-23-26)25-14(16(2,3)27)11-5-4-10(7-12(11)18)28-17(19,20)21/h4-8,14,25,27H,1-3H3. The van der Waals surface area contributed by atoms with E-state index in [1.165, 1.54) is 16.9 Å². The van der Waals surface area contributed by atoms with Crippen LogP contribution >= 0.6 is 11.6 Å². The van der Waals surface area contributed by atoms with Crippen molar-refractivity contribution in [2.45, 2.75) is 38.8 Å². The summed E-state index contributed by atoms with van der Waals surface area (Å²) in [6, 6.07) is 4.47. The highest BCUT2D eigenvalue weighted by molar-refractivity contribution is 6.31. The zero-order valence-electron chi connectivity index (χ0n) is 15.1. The van der Waals surface area contributed by atoms with Crippen LogP contribution in [0, 0.1) is 6.92 Å². The molecule has 0 spiro atoms. The van der Waals surface area contributed by atoms with E-state index in [1.54, 1.807) is 26.8 Å². The van der Waals surface area contributed by atoms with Gasteiger partial charge in [0.15, 0.2) is 0 Å². The molecule has 3 aromatic rings. The first kappa shape index (κ1) is 20.2. The minimum absolute atomic E-state index is 0.00184. The highest BCUT2D eigenvalue weighted by Crippen LogP contribution is 2.36. The van der Waals surface area contributed by atoms with Crippen molar-refractivity contribution >= 4 is 23.2 Å². The van der Waals surface area contributed by atoms with E-state index >= 15 is 0 Å². The Balaban J connectivity index is 2.01. The third kappa shape index (κ3) is 4.45. The zero-order chi connectivity index (χ0) is 20.7. The number of aliphatic hydroxyl groups is 1. The molecule has 0 aliphatic carbocycles. The van der Waals surface area contributed by atoms with Crippen molar-refractivity contribution in [2.75, 3.05) is 5.32 Å². The number of aryl methyl sites for hydroxylation is 1. The first-order valence-electron chi connectivity index (χ1n) is 8.15. The predicted molar refractivity (Wildman–Crippen MR) is 96.3 cm³/mol. The first-order valence-corrected chi connectivity index (χ1v) is 8.53. The molecule has 2 N–H and O–H groups in total. The molecular weight excluding hydrogens is 399 g/mol.